The lowest BCUT2D eigenvalue weighted by Crippen LogP contribution is -2.34. The summed E-state index contributed by atoms with van der Waals surface area (Å²) in [5.74, 6) is 5.42. The molecule has 3 aliphatic heterocycles. The average molecular weight is 882 g/mol. The number of aromatic hydroxyl groups is 2. The highest BCUT2D eigenvalue weighted by Crippen LogP contribution is 2.57. The first-order valence-corrected chi connectivity index (χ1v) is 21.3. The van der Waals surface area contributed by atoms with Crippen molar-refractivity contribution in [3.8, 4) is 34.8 Å². The lowest BCUT2D eigenvalue weighted by atomic mass is 9.77. The zero-order valence-electron chi connectivity index (χ0n) is 35.4. The maximum absolute atomic E-state index is 13.4. The molecule has 0 aromatic heterocycles. The molecule has 0 saturated heterocycles. The highest BCUT2D eigenvalue weighted by Gasteiger charge is 2.53. The van der Waals surface area contributed by atoms with Gasteiger partial charge in [-0.25, -0.2) is 4.79 Å². The number of rotatable bonds is 19. The van der Waals surface area contributed by atoms with E-state index in [-0.39, 0.29) is 71.9 Å². The topological polar surface area (TPSA) is 191 Å². The van der Waals surface area contributed by atoms with E-state index in [9.17, 15) is 29.4 Å². The molecule has 1 spiro atoms. The number of anilines is 1. The van der Waals surface area contributed by atoms with E-state index in [1.54, 1.807) is 29.2 Å². The van der Waals surface area contributed by atoms with E-state index in [0.717, 1.165) is 22.4 Å². The number of esters is 1. The van der Waals surface area contributed by atoms with Crippen LogP contribution in [-0.2, 0) is 45.4 Å². The second kappa shape index (κ2) is 20.5. The number of ether oxygens (including phenoxy) is 6. The monoisotopic (exact) mass is 881 g/mol. The van der Waals surface area contributed by atoms with Crippen molar-refractivity contribution in [2.45, 2.75) is 25.0 Å². The van der Waals surface area contributed by atoms with Gasteiger partial charge in [-0.05, 0) is 60.2 Å². The van der Waals surface area contributed by atoms with Crippen molar-refractivity contribution in [1.29, 1.82) is 0 Å². The first-order valence-electron chi connectivity index (χ1n) is 21.3. The Labute approximate surface area is 375 Å². The number of phenolic OH excluding ortho intramolecular Hbond substituents is 2. The van der Waals surface area contributed by atoms with E-state index in [1.807, 2.05) is 48.5 Å². The standard InChI is InChI=1S/C50H47N3O12/c54-37-12-15-41-44(30-37)64-45-31-38(55)13-16-42(45)50(41)40-14-11-35(29-39(40)49(59)65-50)48(58)52-20-22-61-24-26-63-28-27-62-25-23-60-21-19-51-46(56)17-18-47(57)53-32-36-7-2-1-5-33(36)9-10-34-6-3-4-8-43(34)53/h1-8,11-16,29-31,54-55H,17-28,32H2,(H,51,56)(H,52,58). The molecule has 0 fully saturated rings. The summed E-state index contributed by atoms with van der Waals surface area (Å²) >= 11 is 0. The van der Waals surface area contributed by atoms with Crippen LogP contribution in [0.4, 0.5) is 5.69 Å². The Kier molecular flexibility index (Phi) is 14.0. The molecular formula is C50H47N3O12. The van der Waals surface area contributed by atoms with Crippen LogP contribution in [0.5, 0.6) is 23.0 Å². The summed E-state index contributed by atoms with van der Waals surface area (Å²) in [6.45, 7) is 3.51. The van der Waals surface area contributed by atoms with E-state index >= 15 is 0 Å². The Hall–Kier alpha value is -7.22. The highest BCUT2D eigenvalue weighted by atomic mass is 16.6. The van der Waals surface area contributed by atoms with Crippen LogP contribution in [0.15, 0.2) is 103 Å². The van der Waals surface area contributed by atoms with Crippen LogP contribution in [0.1, 0.15) is 66.9 Å². The number of carbonyl (C=O) groups is 4. The Morgan fingerprint density at radius 1 is 0.646 bits per heavy atom. The summed E-state index contributed by atoms with van der Waals surface area (Å²) in [6.07, 6.45) is 0.117. The van der Waals surface area contributed by atoms with Gasteiger partial charge in [0, 0.05) is 71.4 Å². The third-order valence-corrected chi connectivity index (χ3v) is 11.0. The number of para-hydroxylation sites is 1. The fraction of sp³-hybridized carbons (Fsp3) is 0.280. The van der Waals surface area contributed by atoms with Crippen LogP contribution in [0.25, 0.3) is 0 Å². The van der Waals surface area contributed by atoms with Crippen molar-refractivity contribution in [1.82, 2.24) is 10.6 Å². The number of fused-ring (bicyclic) bond motifs is 8. The van der Waals surface area contributed by atoms with Gasteiger partial charge in [0.25, 0.3) is 5.91 Å². The van der Waals surface area contributed by atoms with Gasteiger partial charge in [0.05, 0.1) is 70.7 Å². The number of hydrogen-bond donors (Lipinski definition) is 4. The third-order valence-electron chi connectivity index (χ3n) is 11.0. The Balaban J connectivity index is 0.661. The van der Waals surface area contributed by atoms with Crippen molar-refractivity contribution >= 4 is 29.4 Å². The summed E-state index contributed by atoms with van der Waals surface area (Å²) in [6, 6.07) is 29.1. The fourth-order valence-corrected chi connectivity index (χ4v) is 7.86. The second-order valence-corrected chi connectivity index (χ2v) is 15.3. The smallest absolute Gasteiger partial charge is 0.340 e. The lowest BCUT2D eigenvalue weighted by Gasteiger charge is -2.36. The van der Waals surface area contributed by atoms with Crippen LogP contribution in [0.2, 0.25) is 0 Å². The maximum atomic E-state index is 13.4. The average Bonchev–Trinajstić information content (AvgIpc) is 3.59. The molecule has 0 radical (unpaired) electrons. The number of carbonyl (C=O) groups excluding carboxylic acids is 4. The quantitative estimate of drug-likeness (QED) is 0.0476. The molecule has 0 bridgehead atoms. The van der Waals surface area contributed by atoms with Crippen LogP contribution in [0.3, 0.4) is 0 Å². The Morgan fingerprint density at radius 2 is 1.22 bits per heavy atom. The van der Waals surface area contributed by atoms with E-state index in [1.165, 1.54) is 30.3 Å². The van der Waals surface area contributed by atoms with Crippen molar-refractivity contribution in [3.63, 3.8) is 0 Å². The molecule has 5 aromatic carbocycles. The Bertz CT molecular complexity index is 2600. The maximum Gasteiger partial charge on any atom is 0.340 e. The fourth-order valence-electron chi connectivity index (χ4n) is 7.86. The van der Waals surface area contributed by atoms with Gasteiger partial charge < -0.3 is 54.2 Å². The molecule has 3 aliphatic rings. The van der Waals surface area contributed by atoms with Gasteiger partial charge in [0.15, 0.2) is 5.60 Å². The molecule has 0 unspecified atom stereocenters. The summed E-state index contributed by atoms with van der Waals surface area (Å²) < 4.78 is 34.3. The predicted molar refractivity (Wildman–Crippen MR) is 236 cm³/mol. The van der Waals surface area contributed by atoms with Crippen LogP contribution in [0, 0.1) is 11.8 Å². The minimum Gasteiger partial charge on any atom is -0.508 e. The largest absolute Gasteiger partial charge is 0.508 e. The molecule has 3 heterocycles. The third kappa shape index (κ3) is 10.1. The zero-order valence-corrected chi connectivity index (χ0v) is 35.4. The minimum absolute atomic E-state index is 0.0447. The summed E-state index contributed by atoms with van der Waals surface area (Å²) in [4.78, 5) is 54.0. The number of nitrogens with one attached hydrogen (secondary N) is 2. The van der Waals surface area contributed by atoms with Gasteiger partial charge in [0.1, 0.15) is 23.0 Å². The molecular weight excluding hydrogens is 835 g/mol. The normalized spacial score (nSPS) is 13.6. The number of hydrogen-bond acceptors (Lipinski definition) is 12. The van der Waals surface area contributed by atoms with Gasteiger partial charge in [-0.1, -0.05) is 48.2 Å². The molecule has 0 atom stereocenters. The van der Waals surface area contributed by atoms with E-state index < -0.39 is 17.5 Å². The lowest BCUT2D eigenvalue weighted by molar-refractivity contribution is -0.125. The zero-order chi connectivity index (χ0) is 45.2. The predicted octanol–water partition coefficient (Wildman–Crippen LogP) is 5.31. The molecule has 0 aliphatic carbocycles. The molecule has 5 aromatic rings. The molecule has 3 amide bonds. The van der Waals surface area contributed by atoms with Gasteiger partial charge in [-0.15, -0.1) is 0 Å². The Morgan fingerprint density at radius 3 is 1.89 bits per heavy atom. The molecule has 65 heavy (non-hydrogen) atoms. The summed E-state index contributed by atoms with van der Waals surface area (Å²) in [5, 5.41) is 25.9. The van der Waals surface area contributed by atoms with Crippen molar-refractivity contribution < 1.29 is 57.8 Å². The molecule has 8 rings (SSSR count). The number of benzene rings is 5. The molecule has 15 heteroatoms. The molecule has 334 valence electrons. The van der Waals surface area contributed by atoms with Gasteiger partial charge in [0.2, 0.25) is 11.8 Å². The SMILES string of the molecule is O=C(CCC(=O)N1Cc2ccccc2C#Cc2ccccc21)NCCOCCOCCOCCOCCNC(=O)c1ccc2c(c1)C(=O)OC21c2ccc(O)cc2Oc2cc(O)ccc21. The van der Waals surface area contributed by atoms with Crippen LogP contribution >= 0.6 is 0 Å². The summed E-state index contributed by atoms with van der Waals surface area (Å²) in [5.41, 5.74) is 3.87. The van der Waals surface area contributed by atoms with Gasteiger partial charge in [-0.3, -0.25) is 14.4 Å². The van der Waals surface area contributed by atoms with Gasteiger partial charge in [-0.2, -0.15) is 0 Å². The first kappa shape index (κ1) is 44.4. The van der Waals surface area contributed by atoms with Crippen molar-refractivity contribution in [2.24, 2.45) is 0 Å². The second-order valence-electron chi connectivity index (χ2n) is 15.3. The number of nitrogens with zero attached hydrogens (tertiary/aromatic N) is 1. The highest BCUT2D eigenvalue weighted by molar-refractivity contribution is 6.02. The molecule has 0 saturated carbocycles. The van der Waals surface area contributed by atoms with E-state index in [2.05, 4.69) is 22.5 Å². The van der Waals surface area contributed by atoms with E-state index in [0.29, 0.717) is 76.0 Å². The van der Waals surface area contributed by atoms with Crippen molar-refractivity contribution in [3.05, 3.63) is 148 Å². The van der Waals surface area contributed by atoms with Crippen LogP contribution in [-0.4, -0.2) is 99.8 Å². The van der Waals surface area contributed by atoms with E-state index in [4.69, 9.17) is 28.4 Å². The first-order chi connectivity index (χ1) is 31.7. The molecule has 15 nitrogen and oxygen atoms in total. The minimum atomic E-state index is -1.41. The van der Waals surface area contributed by atoms with Crippen LogP contribution < -0.4 is 20.3 Å². The van der Waals surface area contributed by atoms with Gasteiger partial charge >= 0.3 is 5.97 Å². The molecule has 4 N–H and O–H groups in total. The number of amides is 3. The number of phenols is 2. The van der Waals surface area contributed by atoms with Crippen molar-refractivity contribution in [2.75, 3.05) is 70.8 Å². The summed E-state index contributed by atoms with van der Waals surface area (Å²) in [7, 11) is 0.